The van der Waals surface area contributed by atoms with Crippen molar-refractivity contribution in [3.05, 3.63) is 12.2 Å². The second-order valence-corrected chi connectivity index (χ2v) is 6.54. The molecule has 2 aliphatic carbocycles. The van der Waals surface area contributed by atoms with Crippen LogP contribution in [0.3, 0.4) is 0 Å². The van der Waals surface area contributed by atoms with Crippen LogP contribution in [0.4, 0.5) is 0 Å². The van der Waals surface area contributed by atoms with E-state index in [-0.39, 0.29) is 3.23 Å². The summed E-state index contributed by atoms with van der Waals surface area (Å²) in [5.41, 5.74) is 0. The summed E-state index contributed by atoms with van der Waals surface area (Å²) in [5.74, 6) is 1.48. The van der Waals surface area contributed by atoms with Gasteiger partial charge in [0.25, 0.3) is 0 Å². The maximum atomic E-state index is 3.69. The van der Waals surface area contributed by atoms with Gasteiger partial charge in [-0.3, -0.25) is 0 Å². The number of halogens is 2. The third-order valence-electron chi connectivity index (χ3n) is 2.35. The van der Waals surface area contributed by atoms with Crippen molar-refractivity contribution in [2.24, 2.45) is 11.8 Å². The van der Waals surface area contributed by atoms with E-state index < -0.39 is 0 Å². The topological polar surface area (TPSA) is 0 Å². The average molecular weight is 252 g/mol. The fraction of sp³-hybridized carbons (Fsp3) is 0.714. The van der Waals surface area contributed by atoms with Crippen LogP contribution in [0.25, 0.3) is 0 Å². The SMILES string of the molecule is BrC1(Br)C2C=CC1CC2. The Morgan fingerprint density at radius 2 is 1.56 bits per heavy atom. The molecule has 0 amide bonds. The molecule has 9 heavy (non-hydrogen) atoms. The van der Waals surface area contributed by atoms with Crippen molar-refractivity contribution in [3.8, 4) is 0 Å². The number of fused-ring (bicyclic) bond motifs is 2. The van der Waals surface area contributed by atoms with Crippen LogP contribution in [0, 0.1) is 11.8 Å². The summed E-state index contributed by atoms with van der Waals surface area (Å²) in [6.07, 6.45) is 7.32. The highest BCUT2D eigenvalue weighted by atomic mass is 79.9. The molecule has 0 aromatic rings. The third-order valence-corrected chi connectivity index (χ3v) is 4.71. The van der Waals surface area contributed by atoms with Crippen molar-refractivity contribution in [2.75, 3.05) is 0 Å². The summed E-state index contributed by atoms with van der Waals surface area (Å²) < 4.78 is 0.236. The zero-order valence-electron chi connectivity index (χ0n) is 4.98. The normalized spacial score (nSPS) is 44.2. The first-order valence-electron chi connectivity index (χ1n) is 3.27. The second kappa shape index (κ2) is 1.85. The summed E-state index contributed by atoms with van der Waals surface area (Å²) >= 11 is 7.38. The molecule has 0 aromatic heterocycles. The molecule has 2 heteroatoms. The number of alkyl halides is 2. The van der Waals surface area contributed by atoms with E-state index in [1.807, 2.05) is 0 Å². The van der Waals surface area contributed by atoms with E-state index in [0.717, 1.165) is 11.8 Å². The summed E-state index contributed by atoms with van der Waals surface area (Å²) in [5, 5.41) is 0. The highest BCUT2D eigenvalue weighted by Crippen LogP contribution is 2.56. The lowest BCUT2D eigenvalue weighted by Crippen LogP contribution is -2.17. The van der Waals surface area contributed by atoms with E-state index >= 15 is 0 Å². The lowest BCUT2D eigenvalue weighted by Gasteiger charge is -2.18. The van der Waals surface area contributed by atoms with Crippen LogP contribution in [0.15, 0.2) is 12.2 Å². The van der Waals surface area contributed by atoms with Crippen molar-refractivity contribution in [1.82, 2.24) is 0 Å². The molecule has 2 bridgehead atoms. The van der Waals surface area contributed by atoms with Crippen molar-refractivity contribution < 1.29 is 0 Å². The first-order valence-corrected chi connectivity index (χ1v) is 4.86. The fourth-order valence-electron chi connectivity index (χ4n) is 1.74. The summed E-state index contributed by atoms with van der Waals surface area (Å²) in [6.45, 7) is 0. The maximum absolute atomic E-state index is 3.69. The third kappa shape index (κ3) is 0.758. The lowest BCUT2D eigenvalue weighted by molar-refractivity contribution is 0.687. The highest BCUT2D eigenvalue weighted by Gasteiger charge is 2.47. The van der Waals surface area contributed by atoms with Crippen LogP contribution in [0.1, 0.15) is 12.8 Å². The van der Waals surface area contributed by atoms with Crippen molar-refractivity contribution in [2.45, 2.75) is 16.1 Å². The van der Waals surface area contributed by atoms with Crippen LogP contribution in [-0.4, -0.2) is 3.23 Å². The molecule has 0 aliphatic heterocycles. The Bertz CT molecular complexity index is 144. The van der Waals surface area contributed by atoms with Crippen LogP contribution in [0.2, 0.25) is 0 Å². The fourth-order valence-corrected chi connectivity index (χ4v) is 3.26. The van der Waals surface area contributed by atoms with Crippen LogP contribution in [0.5, 0.6) is 0 Å². The molecule has 0 N–H and O–H groups in total. The van der Waals surface area contributed by atoms with Crippen molar-refractivity contribution in [3.63, 3.8) is 0 Å². The molecule has 2 unspecified atom stereocenters. The predicted molar refractivity (Wildman–Crippen MR) is 45.9 cm³/mol. The Morgan fingerprint density at radius 3 is 1.67 bits per heavy atom. The molecule has 0 saturated heterocycles. The Hall–Kier alpha value is 0.700. The monoisotopic (exact) mass is 250 g/mol. The molecule has 2 aliphatic rings. The first kappa shape index (κ1) is 6.41. The minimum absolute atomic E-state index is 0.236. The van der Waals surface area contributed by atoms with Gasteiger partial charge < -0.3 is 0 Å². The first-order chi connectivity index (χ1) is 4.21. The number of allylic oxidation sites excluding steroid dienone is 2. The molecule has 2 atom stereocenters. The Balaban J connectivity index is 2.35. The zero-order chi connectivity index (χ0) is 6.48. The number of hydrogen-bond acceptors (Lipinski definition) is 0. The molecule has 1 fully saturated rings. The lowest BCUT2D eigenvalue weighted by atomic mass is 10.1. The molecular formula is C7H8Br2. The minimum atomic E-state index is 0.236. The van der Waals surface area contributed by atoms with Gasteiger partial charge in [0.15, 0.2) is 0 Å². The van der Waals surface area contributed by atoms with Crippen LogP contribution < -0.4 is 0 Å². The van der Waals surface area contributed by atoms with Crippen molar-refractivity contribution >= 4 is 31.9 Å². The van der Waals surface area contributed by atoms with E-state index in [1.165, 1.54) is 12.8 Å². The number of rotatable bonds is 0. The van der Waals surface area contributed by atoms with Gasteiger partial charge in [0.2, 0.25) is 0 Å². The Morgan fingerprint density at radius 1 is 1.11 bits per heavy atom. The molecule has 0 spiro atoms. The van der Waals surface area contributed by atoms with Gasteiger partial charge in [-0.2, -0.15) is 0 Å². The summed E-state index contributed by atoms with van der Waals surface area (Å²) in [7, 11) is 0. The van der Waals surface area contributed by atoms with Crippen molar-refractivity contribution in [1.29, 1.82) is 0 Å². The molecule has 50 valence electrons. The smallest absolute Gasteiger partial charge is 0.0828 e. The molecular weight excluding hydrogens is 244 g/mol. The van der Waals surface area contributed by atoms with E-state index in [1.54, 1.807) is 0 Å². The van der Waals surface area contributed by atoms with Crippen LogP contribution >= 0.6 is 31.9 Å². The second-order valence-electron chi connectivity index (χ2n) is 2.85. The molecule has 2 rings (SSSR count). The average Bonchev–Trinajstić information content (AvgIpc) is 2.24. The van der Waals surface area contributed by atoms with E-state index in [2.05, 4.69) is 44.0 Å². The van der Waals surface area contributed by atoms with Gasteiger partial charge in [-0.15, -0.1) is 0 Å². The zero-order valence-corrected chi connectivity index (χ0v) is 8.15. The molecule has 1 saturated carbocycles. The minimum Gasteiger partial charge on any atom is -0.0828 e. The summed E-state index contributed by atoms with van der Waals surface area (Å²) in [4.78, 5) is 0. The Kier molecular flexibility index (Phi) is 1.32. The van der Waals surface area contributed by atoms with Gasteiger partial charge >= 0.3 is 0 Å². The van der Waals surface area contributed by atoms with E-state index in [0.29, 0.717) is 0 Å². The molecule has 0 nitrogen and oxygen atoms in total. The van der Waals surface area contributed by atoms with Gasteiger partial charge in [-0.05, 0) is 12.8 Å². The maximum Gasteiger partial charge on any atom is 0.0929 e. The quantitative estimate of drug-likeness (QED) is 0.459. The molecule has 0 heterocycles. The predicted octanol–water partition coefficient (Wildman–Crippen LogP) is 3.07. The Labute approximate surface area is 72.0 Å². The molecule has 0 aromatic carbocycles. The van der Waals surface area contributed by atoms with Gasteiger partial charge in [0.05, 0.1) is 3.23 Å². The number of hydrogen-bond donors (Lipinski definition) is 0. The highest BCUT2D eigenvalue weighted by molar-refractivity contribution is 9.25. The van der Waals surface area contributed by atoms with Gasteiger partial charge in [0, 0.05) is 11.8 Å². The van der Waals surface area contributed by atoms with E-state index in [4.69, 9.17) is 0 Å². The van der Waals surface area contributed by atoms with Crippen LogP contribution in [-0.2, 0) is 0 Å². The molecule has 0 radical (unpaired) electrons. The van der Waals surface area contributed by atoms with Gasteiger partial charge in [0.1, 0.15) is 0 Å². The van der Waals surface area contributed by atoms with Gasteiger partial charge in [-0.1, -0.05) is 44.0 Å². The standard InChI is InChI=1S/C7H8Br2/c8-7(9)5-1-2-6(7)4-3-5/h1-2,5-6H,3-4H2. The summed E-state index contributed by atoms with van der Waals surface area (Å²) in [6, 6.07) is 0. The van der Waals surface area contributed by atoms with E-state index in [9.17, 15) is 0 Å². The van der Waals surface area contributed by atoms with Gasteiger partial charge in [-0.25, -0.2) is 0 Å². The largest absolute Gasteiger partial charge is 0.0929 e.